The van der Waals surface area contributed by atoms with E-state index in [1.807, 2.05) is 13.2 Å². The van der Waals surface area contributed by atoms with Crippen molar-refractivity contribution in [3.8, 4) is 0 Å². The predicted molar refractivity (Wildman–Crippen MR) is 88.1 cm³/mol. The van der Waals surface area contributed by atoms with Gasteiger partial charge in [-0.15, -0.1) is 11.6 Å². The van der Waals surface area contributed by atoms with Crippen molar-refractivity contribution in [2.24, 2.45) is 0 Å². The molecule has 0 aliphatic carbocycles. The minimum atomic E-state index is -3.65. The van der Waals surface area contributed by atoms with Crippen LogP contribution in [0.15, 0.2) is 17.0 Å². The first-order valence-electron chi connectivity index (χ1n) is 6.61. The standard InChI is InChI=1S/C14H21ClFNO2S2/c1-5-12(9-20-4)17(3)21(18,19)13-6-10(2)14(16)11(7-13)8-15/h6-7,12H,5,8-9H2,1-4H3. The van der Waals surface area contributed by atoms with Gasteiger partial charge in [0.25, 0.3) is 0 Å². The largest absolute Gasteiger partial charge is 0.243 e. The van der Waals surface area contributed by atoms with Gasteiger partial charge in [0.15, 0.2) is 0 Å². The van der Waals surface area contributed by atoms with Crippen LogP contribution >= 0.6 is 23.4 Å². The van der Waals surface area contributed by atoms with Crippen molar-refractivity contribution in [2.45, 2.75) is 37.1 Å². The maximum atomic E-state index is 13.8. The monoisotopic (exact) mass is 353 g/mol. The Bertz CT molecular complexity index is 593. The summed E-state index contributed by atoms with van der Waals surface area (Å²) in [5.74, 6) is 0.221. The molecule has 0 spiro atoms. The summed E-state index contributed by atoms with van der Waals surface area (Å²) < 4.78 is 40.6. The third kappa shape index (κ3) is 4.12. The molecule has 1 aromatic rings. The van der Waals surface area contributed by atoms with E-state index in [9.17, 15) is 12.8 Å². The number of thioether (sulfide) groups is 1. The molecule has 1 aromatic carbocycles. The van der Waals surface area contributed by atoms with Gasteiger partial charge in [-0.05, 0) is 37.3 Å². The molecule has 0 radical (unpaired) electrons. The molecule has 3 nitrogen and oxygen atoms in total. The molecule has 0 saturated heterocycles. The second-order valence-corrected chi connectivity index (χ2v) is 8.06. The first kappa shape index (κ1) is 18.7. The van der Waals surface area contributed by atoms with Gasteiger partial charge in [-0.25, -0.2) is 12.8 Å². The second-order valence-electron chi connectivity index (χ2n) is 4.89. The Morgan fingerprint density at radius 2 is 2.05 bits per heavy atom. The molecular weight excluding hydrogens is 333 g/mol. The Morgan fingerprint density at radius 1 is 1.43 bits per heavy atom. The van der Waals surface area contributed by atoms with Gasteiger partial charge in [0.1, 0.15) is 5.82 Å². The zero-order chi connectivity index (χ0) is 16.2. The molecule has 1 atom stereocenters. The lowest BCUT2D eigenvalue weighted by Crippen LogP contribution is -2.38. The first-order chi connectivity index (χ1) is 9.79. The molecule has 0 aliphatic rings. The number of halogens is 2. The summed E-state index contributed by atoms with van der Waals surface area (Å²) in [6.07, 6.45) is 2.66. The van der Waals surface area contributed by atoms with Gasteiger partial charge in [-0.1, -0.05) is 6.92 Å². The fraction of sp³-hybridized carbons (Fsp3) is 0.571. The second kappa shape index (κ2) is 7.81. The summed E-state index contributed by atoms with van der Waals surface area (Å²) in [6.45, 7) is 3.50. The lowest BCUT2D eigenvalue weighted by molar-refractivity contribution is 0.385. The summed E-state index contributed by atoms with van der Waals surface area (Å²) in [7, 11) is -2.08. The molecule has 0 aliphatic heterocycles. The third-order valence-electron chi connectivity index (χ3n) is 3.47. The van der Waals surface area contributed by atoms with Crippen LogP contribution in [0.25, 0.3) is 0 Å². The maximum Gasteiger partial charge on any atom is 0.243 e. The van der Waals surface area contributed by atoms with E-state index in [1.54, 1.807) is 25.7 Å². The van der Waals surface area contributed by atoms with Crippen LogP contribution in [0.4, 0.5) is 4.39 Å². The van der Waals surface area contributed by atoms with Crippen molar-refractivity contribution in [3.63, 3.8) is 0 Å². The van der Waals surface area contributed by atoms with Crippen LogP contribution in [0.1, 0.15) is 24.5 Å². The molecule has 0 bridgehead atoms. The summed E-state index contributed by atoms with van der Waals surface area (Å²) in [4.78, 5) is 0.0964. The van der Waals surface area contributed by atoms with Crippen LogP contribution in [-0.4, -0.2) is 37.8 Å². The average Bonchev–Trinajstić information content (AvgIpc) is 2.46. The van der Waals surface area contributed by atoms with Crippen LogP contribution in [0.3, 0.4) is 0 Å². The molecule has 21 heavy (non-hydrogen) atoms. The van der Waals surface area contributed by atoms with E-state index in [0.717, 1.165) is 12.2 Å². The highest BCUT2D eigenvalue weighted by atomic mass is 35.5. The maximum absolute atomic E-state index is 13.8. The van der Waals surface area contributed by atoms with E-state index in [1.165, 1.54) is 16.4 Å². The molecule has 0 fully saturated rings. The molecule has 0 N–H and O–H groups in total. The molecule has 1 rings (SSSR count). The molecule has 0 saturated carbocycles. The highest BCUT2D eigenvalue weighted by Crippen LogP contribution is 2.25. The smallest absolute Gasteiger partial charge is 0.207 e. The average molecular weight is 354 g/mol. The van der Waals surface area contributed by atoms with Gasteiger partial charge >= 0.3 is 0 Å². The summed E-state index contributed by atoms with van der Waals surface area (Å²) in [6, 6.07) is 2.60. The molecule has 0 heterocycles. The fourth-order valence-electron chi connectivity index (χ4n) is 2.09. The number of sulfonamides is 1. The van der Waals surface area contributed by atoms with Gasteiger partial charge in [-0.2, -0.15) is 16.1 Å². The Balaban J connectivity index is 3.27. The highest BCUT2D eigenvalue weighted by molar-refractivity contribution is 7.98. The zero-order valence-electron chi connectivity index (χ0n) is 12.7. The molecule has 0 aromatic heterocycles. The Labute approximate surface area is 135 Å². The van der Waals surface area contributed by atoms with E-state index >= 15 is 0 Å². The summed E-state index contributed by atoms with van der Waals surface area (Å²) in [5.41, 5.74) is 0.500. The van der Waals surface area contributed by atoms with E-state index in [4.69, 9.17) is 11.6 Å². The van der Waals surface area contributed by atoms with Crippen molar-refractivity contribution < 1.29 is 12.8 Å². The number of alkyl halides is 1. The van der Waals surface area contributed by atoms with Crippen molar-refractivity contribution in [1.29, 1.82) is 0 Å². The SMILES string of the molecule is CCC(CSC)N(C)S(=O)(=O)c1cc(C)c(F)c(CCl)c1. The number of hydrogen-bond donors (Lipinski definition) is 0. The normalized spacial score (nSPS) is 13.7. The van der Waals surface area contributed by atoms with Crippen LogP contribution in [0, 0.1) is 12.7 Å². The molecular formula is C14H21ClFNO2S2. The van der Waals surface area contributed by atoms with Gasteiger partial charge in [0.2, 0.25) is 10.0 Å². The topological polar surface area (TPSA) is 37.4 Å². The third-order valence-corrected chi connectivity index (χ3v) is 6.36. The summed E-state index contributed by atoms with van der Waals surface area (Å²) >= 11 is 7.29. The lowest BCUT2D eigenvalue weighted by atomic mass is 10.1. The van der Waals surface area contributed by atoms with Gasteiger partial charge in [-0.3, -0.25) is 0 Å². The fourth-order valence-corrected chi connectivity index (χ4v) is 4.79. The van der Waals surface area contributed by atoms with E-state index < -0.39 is 15.8 Å². The molecule has 1 unspecified atom stereocenters. The van der Waals surface area contributed by atoms with Crippen LogP contribution in [0.5, 0.6) is 0 Å². The zero-order valence-corrected chi connectivity index (χ0v) is 15.1. The van der Waals surface area contributed by atoms with Crippen molar-refractivity contribution in [3.05, 3.63) is 29.1 Å². The summed E-state index contributed by atoms with van der Waals surface area (Å²) in [5, 5.41) is 0. The quantitative estimate of drug-likeness (QED) is 0.702. The predicted octanol–water partition coefficient (Wildman–Crippen LogP) is 3.64. The number of benzene rings is 1. The number of hydrogen-bond acceptors (Lipinski definition) is 3. The number of rotatable bonds is 7. The Morgan fingerprint density at radius 3 is 2.52 bits per heavy atom. The van der Waals surface area contributed by atoms with Crippen LogP contribution in [0.2, 0.25) is 0 Å². The number of nitrogens with zero attached hydrogens (tertiary/aromatic N) is 1. The minimum Gasteiger partial charge on any atom is -0.207 e. The van der Waals surface area contributed by atoms with Gasteiger partial charge in [0.05, 0.1) is 10.8 Å². The van der Waals surface area contributed by atoms with E-state index in [-0.39, 0.29) is 27.9 Å². The van der Waals surface area contributed by atoms with E-state index in [0.29, 0.717) is 0 Å². The molecule has 0 amide bonds. The van der Waals surface area contributed by atoms with Crippen LogP contribution in [-0.2, 0) is 15.9 Å². The first-order valence-corrected chi connectivity index (χ1v) is 9.98. The van der Waals surface area contributed by atoms with Gasteiger partial charge in [0, 0.05) is 24.4 Å². The Hall–Kier alpha value is -0.300. The van der Waals surface area contributed by atoms with Gasteiger partial charge < -0.3 is 0 Å². The van der Waals surface area contributed by atoms with Crippen LogP contribution < -0.4 is 0 Å². The Kier molecular flexibility index (Phi) is 6.97. The minimum absolute atomic E-state index is 0.0538. The van der Waals surface area contributed by atoms with Crippen molar-refractivity contribution in [1.82, 2.24) is 4.31 Å². The van der Waals surface area contributed by atoms with Crippen molar-refractivity contribution in [2.75, 3.05) is 19.1 Å². The van der Waals surface area contributed by atoms with E-state index in [2.05, 4.69) is 0 Å². The lowest BCUT2D eigenvalue weighted by Gasteiger charge is -2.26. The molecule has 7 heteroatoms. The van der Waals surface area contributed by atoms with Crippen molar-refractivity contribution >= 4 is 33.4 Å². The molecule has 120 valence electrons. The number of aryl methyl sites for hydroxylation is 1. The highest BCUT2D eigenvalue weighted by Gasteiger charge is 2.28.